The summed E-state index contributed by atoms with van der Waals surface area (Å²) in [5.41, 5.74) is 2.58. The monoisotopic (exact) mass is 406 g/mol. The van der Waals surface area contributed by atoms with E-state index in [9.17, 15) is 4.79 Å². The lowest BCUT2D eigenvalue weighted by Crippen LogP contribution is -2.30. The topological polar surface area (TPSA) is 88.5 Å². The van der Waals surface area contributed by atoms with Gasteiger partial charge in [-0.1, -0.05) is 17.3 Å². The van der Waals surface area contributed by atoms with Crippen LogP contribution in [0.4, 0.5) is 0 Å². The normalized spacial score (nSPS) is 22.9. The van der Waals surface area contributed by atoms with E-state index in [-0.39, 0.29) is 23.3 Å². The van der Waals surface area contributed by atoms with Crippen LogP contribution in [0.2, 0.25) is 0 Å². The number of benzene rings is 1. The van der Waals surface area contributed by atoms with Crippen molar-refractivity contribution < 1.29 is 9.47 Å². The minimum Gasteiger partial charge on any atom is -0.376 e. The van der Waals surface area contributed by atoms with Gasteiger partial charge in [0.25, 0.3) is 5.56 Å². The standard InChI is InChI=1S/C21H22N6O3/c1-13-14(7-10-30-13)27-16-6-4-3-5-15(16)25-12-22-19(18(25)20(27)28)26-11-17(23-24-26)21(29-2)8-9-21/h3-6,11-14H,7-10H2,1-2H3. The smallest absolute Gasteiger partial charge is 0.279 e. The number of rotatable bonds is 4. The van der Waals surface area contributed by atoms with Crippen LogP contribution in [0.5, 0.6) is 0 Å². The van der Waals surface area contributed by atoms with Crippen molar-refractivity contribution in [1.82, 2.24) is 28.9 Å². The van der Waals surface area contributed by atoms with Gasteiger partial charge in [-0.3, -0.25) is 13.8 Å². The Kier molecular flexibility index (Phi) is 3.69. The summed E-state index contributed by atoms with van der Waals surface area (Å²) in [5, 5.41) is 8.56. The van der Waals surface area contributed by atoms with Crippen molar-refractivity contribution in [3.05, 3.63) is 52.8 Å². The molecule has 1 saturated heterocycles. The Morgan fingerprint density at radius 1 is 1.23 bits per heavy atom. The van der Waals surface area contributed by atoms with E-state index in [1.807, 2.05) is 46.4 Å². The maximum atomic E-state index is 13.8. The molecule has 30 heavy (non-hydrogen) atoms. The Morgan fingerprint density at radius 3 is 2.73 bits per heavy atom. The lowest BCUT2D eigenvalue weighted by atomic mass is 10.1. The van der Waals surface area contributed by atoms with E-state index in [4.69, 9.17) is 9.47 Å². The van der Waals surface area contributed by atoms with E-state index in [0.29, 0.717) is 17.9 Å². The van der Waals surface area contributed by atoms with Crippen LogP contribution in [0, 0.1) is 0 Å². The van der Waals surface area contributed by atoms with Crippen molar-refractivity contribution in [3.8, 4) is 5.82 Å². The zero-order valence-electron chi connectivity index (χ0n) is 16.9. The number of fused-ring (bicyclic) bond motifs is 3. The molecule has 2 unspecified atom stereocenters. The van der Waals surface area contributed by atoms with Gasteiger partial charge in [0.2, 0.25) is 0 Å². The van der Waals surface area contributed by atoms with Crippen LogP contribution >= 0.6 is 0 Å². The molecule has 1 saturated carbocycles. The zero-order chi connectivity index (χ0) is 20.5. The first-order chi connectivity index (χ1) is 14.6. The van der Waals surface area contributed by atoms with Crippen molar-refractivity contribution in [2.24, 2.45) is 0 Å². The third kappa shape index (κ3) is 2.36. The molecular formula is C21H22N6O3. The van der Waals surface area contributed by atoms with E-state index >= 15 is 0 Å². The summed E-state index contributed by atoms with van der Waals surface area (Å²) in [6.07, 6.45) is 6.10. The van der Waals surface area contributed by atoms with Crippen molar-refractivity contribution in [3.63, 3.8) is 0 Å². The van der Waals surface area contributed by atoms with Crippen LogP contribution in [0.25, 0.3) is 22.4 Å². The van der Waals surface area contributed by atoms with Crippen LogP contribution in [0.3, 0.4) is 0 Å². The SMILES string of the molecule is COC1(c2cn(-c3ncn4c3c(=O)n(C3CCOC3C)c3ccccc34)nn2)CC1. The van der Waals surface area contributed by atoms with E-state index in [2.05, 4.69) is 15.3 Å². The largest absolute Gasteiger partial charge is 0.376 e. The van der Waals surface area contributed by atoms with Crippen molar-refractivity contribution in [2.45, 2.75) is 43.9 Å². The van der Waals surface area contributed by atoms with E-state index in [1.165, 1.54) is 0 Å². The molecule has 3 aromatic heterocycles. The summed E-state index contributed by atoms with van der Waals surface area (Å²) in [5.74, 6) is 0.469. The molecule has 4 aromatic rings. The Morgan fingerprint density at radius 2 is 2.03 bits per heavy atom. The minimum atomic E-state index is -0.350. The Bertz CT molecular complexity index is 1330. The molecule has 2 atom stereocenters. The minimum absolute atomic E-state index is 0.0234. The van der Waals surface area contributed by atoms with E-state index in [0.717, 1.165) is 36.0 Å². The molecule has 0 bridgehead atoms. The molecule has 1 aromatic carbocycles. The first-order valence-electron chi connectivity index (χ1n) is 10.2. The Balaban J connectivity index is 1.61. The number of para-hydroxylation sites is 2. The molecule has 2 fully saturated rings. The highest BCUT2D eigenvalue weighted by Gasteiger charge is 2.47. The van der Waals surface area contributed by atoms with Crippen LogP contribution in [-0.4, -0.2) is 48.8 Å². The molecular weight excluding hydrogens is 384 g/mol. The van der Waals surface area contributed by atoms with Crippen LogP contribution < -0.4 is 5.56 Å². The summed E-state index contributed by atoms with van der Waals surface area (Å²) < 4.78 is 16.7. The van der Waals surface area contributed by atoms with E-state index in [1.54, 1.807) is 18.1 Å². The van der Waals surface area contributed by atoms with Gasteiger partial charge in [-0.25, -0.2) is 4.98 Å². The second-order valence-electron chi connectivity index (χ2n) is 8.13. The highest BCUT2D eigenvalue weighted by Crippen LogP contribution is 2.47. The summed E-state index contributed by atoms with van der Waals surface area (Å²) in [4.78, 5) is 18.3. The van der Waals surface area contributed by atoms with Crippen LogP contribution in [0.15, 0.2) is 41.6 Å². The predicted molar refractivity (Wildman–Crippen MR) is 109 cm³/mol. The van der Waals surface area contributed by atoms with Crippen LogP contribution in [-0.2, 0) is 15.1 Å². The number of nitrogens with zero attached hydrogens (tertiary/aromatic N) is 6. The molecule has 4 heterocycles. The maximum absolute atomic E-state index is 13.8. The molecule has 9 nitrogen and oxygen atoms in total. The summed E-state index contributed by atoms with van der Waals surface area (Å²) in [7, 11) is 1.69. The number of imidazole rings is 1. The lowest BCUT2D eigenvalue weighted by molar-refractivity contribution is 0.0751. The van der Waals surface area contributed by atoms with Gasteiger partial charge in [-0.05, 0) is 38.3 Å². The number of hydrogen-bond donors (Lipinski definition) is 0. The maximum Gasteiger partial charge on any atom is 0.279 e. The van der Waals surface area contributed by atoms with Crippen LogP contribution in [0.1, 0.15) is 37.9 Å². The number of ether oxygens (including phenoxy) is 2. The van der Waals surface area contributed by atoms with Gasteiger partial charge in [-0.2, -0.15) is 4.68 Å². The molecule has 154 valence electrons. The van der Waals surface area contributed by atoms with Gasteiger partial charge in [0.15, 0.2) is 11.3 Å². The molecule has 0 N–H and O–H groups in total. The molecule has 6 rings (SSSR count). The van der Waals surface area contributed by atoms with Crippen molar-refractivity contribution in [1.29, 1.82) is 0 Å². The Hall–Kier alpha value is -3.04. The number of hydrogen-bond acceptors (Lipinski definition) is 6. The molecule has 2 aliphatic rings. The zero-order valence-corrected chi connectivity index (χ0v) is 16.9. The summed E-state index contributed by atoms with van der Waals surface area (Å²) in [6.45, 7) is 2.67. The molecule has 1 aliphatic carbocycles. The summed E-state index contributed by atoms with van der Waals surface area (Å²) in [6, 6.07) is 7.87. The molecule has 0 spiro atoms. The third-order valence-corrected chi connectivity index (χ3v) is 6.51. The lowest BCUT2D eigenvalue weighted by Gasteiger charge is -2.20. The van der Waals surface area contributed by atoms with Gasteiger partial charge < -0.3 is 9.47 Å². The van der Waals surface area contributed by atoms with E-state index < -0.39 is 0 Å². The second kappa shape index (κ2) is 6.23. The molecule has 0 radical (unpaired) electrons. The van der Waals surface area contributed by atoms with Gasteiger partial charge >= 0.3 is 0 Å². The average molecular weight is 406 g/mol. The van der Waals surface area contributed by atoms with Crippen molar-refractivity contribution >= 4 is 16.6 Å². The van der Waals surface area contributed by atoms with Gasteiger partial charge in [0.1, 0.15) is 17.6 Å². The average Bonchev–Trinajstić information content (AvgIpc) is 3.11. The van der Waals surface area contributed by atoms with Gasteiger partial charge in [0, 0.05) is 13.7 Å². The quantitative estimate of drug-likeness (QED) is 0.516. The second-order valence-corrected chi connectivity index (χ2v) is 8.13. The van der Waals surface area contributed by atoms with Crippen molar-refractivity contribution in [2.75, 3.05) is 13.7 Å². The fourth-order valence-electron chi connectivity index (χ4n) is 4.63. The molecule has 1 aliphatic heterocycles. The van der Waals surface area contributed by atoms with Gasteiger partial charge in [0.05, 0.1) is 29.4 Å². The van der Waals surface area contributed by atoms with Gasteiger partial charge in [-0.15, -0.1) is 5.10 Å². The predicted octanol–water partition coefficient (Wildman–Crippen LogP) is 2.22. The molecule has 0 amide bonds. The highest BCUT2D eigenvalue weighted by atomic mass is 16.5. The first-order valence-corrected chi connectivity index (χ1v) is 10.2. The summed E-state index contributed by atoms with van der Waals surface area (Å²) >= 11 is 0. The fraction of sp³-hybridized carbons (Fsp3) is 0.429. The first kappa shape index (κ1) is 17.8. The molecule has 9 heteroatoms. The number of methoxy groups -OCH3 is 1. The fourth-order valence-corrected chi connectivity index (χ4v) is 4.63. The third-order valence-electron chi connectivity index (χ3n) is 6.51. The Labute approximate surface area is 171 Å². The highest BCUT2D eigenvalue weighted by molar-refractivity contribution is 5.81. The number of aromatic nitrogens is 6.